The average molecular weight is 398 g/mol. The number of hydrogen-bond acceptors (Lipinski definition) is 3. The zero-order valence-electron chi connectivity index (χ0n) is 10.9. The number of rotatable bonds is 4. The van der Waals surface area contributed by atoms with Gasteiger partial charge in [0, 0.05) is 17.6 Å². The highest BCUT2D eigenvalue weighted by molar-refractivity contribution is 9.10. The summed E-state index contributed by atoms with van der Waals surface area (Å²) in [6, 6.07) is 4.79. The van der Waals surface area contributed by atoms with E-state index in [1.807, 2.05) is 0 Å². The van der Waals surface area contributed by atoms with Crippen molar-refractivity contribution in [3.05, 3.63) is 27.7 Å². The Kier molecular flexibility index (Phi) is 5.13. The third-order valence-corrected chi connectivity index (χ3v) is 5.54. The topological polar surface area (TPSA) is 86.7 Å². The molecule has 21 heavy (non-hydrogen) atoms. The molecule has 1 unspecified atom stereocenters. The molecule has 0 saturated carbocycles. The lowest BCUT2D eigenvalue weighted by Gasteiger charge is -2.30. The molecule has 0 amide bonds. The van der Waals surface area contributed by atoms with E-state index in [0.29, 0.717) is 19.4 Å². The first-order chi connectivity index (χ1) is 9.79. The summed E-state index contributed by atoms with van der Waals surface area (Å²) in [4.78, 5) is 11.0. The fraction of sp³-hybridized carbons (Fsp3) is 0.417. The third kappa shape index (κ3) is 4.09. The molecule has 1 saturated heterocycles. The molecule has 1 fully saturated rings. The normalized spacial score (nSPS) is 20.2. The van der Waals surface area contributed by atoms with Gasteiger partial charge in [0.25, 0.3) is 0 Å². The van der Waals surface area contributed by atoms with Crippen LogP contribution in [0.5, 0.6) is 0 Å². The minimum Gasteiger partial charge on any atom is -0.481 e. The molecule has 1 aromatic rings. The molecule has 2 N–H and O–H groups in total. The minimum atomic E-state index is -3.82. The highest BCUT2D eigenvalue weighted by Gasteiger charge is 2.32. The van der Waals surface area contributed by atoms with Crippen LogP contribution in [0.4, 0.5) is 5.69 Å². The second-order valence-corrected chi connectivity index (χ2v) is 7.76. The molecule has 1 aliphatic rings. The highest BCUT2D eigenvalue weighted by Crippen LogP contribution is 2.28. The first-order valence-electron chi connectivity index (χ1n) is 6.25. The summed E-state index contributed by atoms with van der Waals surface area (Å²) in [7, 11) is -3.82. The van der Waals surface area contributed by atoms with E-state index in [0.717, 1.165) is 8.78 Å². The lowest BCUT2D eigenvalue weighted by atomic mass is 10.0. The summed E-state index contributed by atoms with van der Waals surface area (Å²) in [5.41, 5.74) is 0.261. The number of carbonyl (C=O) groups is 1. The number of aliphatic carboxylic acids is 1. The number of hydrogen-bond donors (Lipinski definition) is 2. The van der Waals surface area contributed by atoms with Crippen molar-refractivity contribution in [2.24, 2.45) is 5.92 Å². The van der Waals surface area contributed by atoms with Crippen molar-refractivity contribution in [1.29, 1.82) is 0 Å². The van der Waals surface area contributed by atoms with Gasteiger partial charge in [0.05, 0.1) is 16.6 Å². The number of anilines is 1. The second-order valence-electron chi connectivity index (χ2n) is 4.77. The zero-order valence-corrected chi connectivity index (χ0v) is 14.1. The molecule has 0 aromatic heterocycles. The Morgan fingerprint density at radius 2 is 2.19 bits per heavy atom. The summed E-state index contributed by atoms with van der Waals surface area (Å²) in [5.74, 6) is -1.65. The van der Waals surface area contributed by atoms with Gasteiger partial charge < -0.3 is 5.11 Å². The van der Waals surface area contributed by atoms with E-state index < -0.39 is 22.1 Å². The predicted octanol–water partition coefficient (Wildman–Crippen LogP) is 2.56. The molecule has 116 valence electrons. The summed E-state index contributed by atoms with van der Waals surface area (Å²) >= 11 is 9.22. The molecule has 0 bridgehead atoms. The van der Waals surface area contributed by atoms with Crippen molar-refractivity contribution in [2.75, 3.05) is 17.8 Å². The van der Waals surface area contributed by atoms with Gasteiger partial charge in [-0.25, -0.2) is 0 Å². The van der Waals surface area contributed by atoms with Gasteiger partial charge in [0.2, 0.25) is 0 Å². The Labute approximate surface area is 136 Å². The smallest absolute Gasteiger partial charge is 0.307 e. The molecule has 1 aliphatic heterocycles. The van der Waals surface area contributed by atoms with Crippen molar-refractivity contribution in [3.8, 4) is 0 Å². The largest absolute Gasteiger partial charge is 0.481 e. The average Bonchev–Trinajstić information content (AvgIpc) is 2.42. The molecule has 1 heterocycles. The van der Waals surface area contributed by atoms with Crippen LogP contribution in [0.25, 0.3) is 0 Å². The van der Waals surface area contributed by atoms with E-state index in [1.165, 1.54) is 0 Å². The Morgan fingerprint density at radius 1 is 1.48 bits per heavy atom. The molecular weight excluding hydrogens is 384 g/mol. The van der Waals surface area contributed by atoms with Crippen molar-refractivity contribution >= 4 is 49.4 Å². The maximum Gasteiger partial charge on any atom is 0.307 e. The minimum absolute atomic E-state index is 0.0290. The standard InChI is InChI=1S/C12H14BrClN2O4S/c13-9-3-4-11(10(14)6-9)15-21(19,20)16-5-1-2-8(7-16)12(17)18/h3-4,6,8,15H,1-2,5,7H2,(H,17,18). The molecule has 2 rings (SSSR count). The Balaban J connectivity index is 2.16. The van der Waals surface area contributed by atoms with Crippen LogP contribution in [0, 0.1) is 5.92 Å². The zero-order chi connectivity index (χ0) is 15.6. The number of nitrogens with one attached hydrogen (secondary N) is 1. The van der Waals surface area contributed by atoms with Crippen molar-refractivity contribution in [2.45, 2.75) is 12.8 Å². The van der Waals surface area contributed by atoms with Gasteiger partial charge in [-0.05, 0) is 31.0 Å². The van der Waals surface area contributed by atoms with Crippen LogP contribution in [0.2, 0.25) is 5.02 Å². The fourth-order valence-electron chi connectivity index (χ4n) is 2.14. The molecule has 6 nitrogen and oxygen atoms in total. The third-order valence-electron chi connectivity index (χ3n) is 3.24. The number of halogens is 2. The van der Waals surface area contributed by atoms with Gasteiger partial charge in [-0.3, -0.25) is 9.52 Å². The van der Waals surface area contributed by atoms with Crippen LogP contribution in [-0.2, 0) is 15.0 Å². The molecule has 1 aromatic carbocycles. The van der Waals surface area contributed by atoms with Gasteiger partial charge in [0.15, 0.2) is 0 Å². The SMILES string of the molecule is O=C(O)C1CCCN(S(=O)(=O)Nc2ccc(Br)cc2Cl)C1. The van der Waals surface area contributed by atoms with Crippen molar-refractivity contribution < 1.29 is 18.3 Å². The summed E-state index contributed by atoms with van der Waals surface area (Å²) in [5, 5.41) is 9.28. The predicted molar refractivity (Wildman–Crippen MR) is 83.6 cm³/mol. The first kappa shape index (κ1) is 16.5. The van der Waals surface area contributed by atoms with Gasteiger partial charge in [0.1, 0.15) is 0 Å². The highest BCUT2D eigenvalue weighted by atomic mass is 79.9. The number of carboxylic acid groups (broad SMARTS) is 1. The number of carboxylic acids is 1. The molecule has 1 atom stereocenters. The number of piperidine rings is 1. The van der Waals surface area contributed by atoms with Crippen LogP contribution in [0.3, 0.4) is 0 Å². The van der Waals surface area contributed by atoms with E-state index in [-0.39, 0.29) is 17.3 Å². The molecule has 9 heteroatoms. The van der Waals surface area contributed by atoms with E-state index in [1.54, 1.807) is 18.2 Å². The summed E-state index contributed by atoms with van der Waals surface area (Å²) < 4.78 is 28.9. The van der Waals surface area contributed by atoms with E-state index in [9.17, 15) is 13.2 Å². The maximum absolute atomic E-state index is 12.3. The van der Waals surface area contributed by atoms with E-state index in [2.05, 4.69) is 20.7 Å². The van der Waals surface area contributed by atoms with Crippen LogP contribution in [0.1, 0.15) is 12.8 Å². The first-order valence-corrected chi connectivity index (χ1v) is 8.86. The molecular formula is C12H14BrClN2O4S. The van der Waals surface area contributed by atoms with Crippen LogP contribution in [-0.4, -0.2) is 36.9 Å². The van der Waals surface area contributed by atoms with Crippen molar-refractivity contribution in [1.82, 2.24) is 4.31 Å². The van der Waals surface area contributed by atoms with Gasteiger partial charge in [-0.15, -0.1) is 0 Å². The summed E-state index contributed by atoms with van der Waals surface area (Å²) in [6.07, 6.45) is 1.01. The summed E-state index contributed by atoms with van der Waals surface area (Å²) in [6.45, 7) is 0.270. The van der Waals surface area contributed by atoms with Crippen LogP contribution in [0.15, 0.2) is 22.7 Å². The Bertz CT molecular complexity index is 653. The molecule has 0 spiro atoms. The number of nitrogens with zero attached hydrogens (tertiary/aromatic N) is 1. The monoisotopic (exact) mass is 396 g/mol. The van der Waals surface area contributed by atoms with Crippen LogP contribution < -0.4 is 4.72 Å². The van der Waals surface area contributed by atoms with Gasteiger partial charge in [-0.2, -0.15) is 12.7 Å². The van der Waals surface area contributed by atoms with Crippen molar-refractivity contribution in [3.63, 3.8) is 0 Å². The molecule has 0 radical (unpaired) electrons. The maximum atomic E-state index is 12.3. The van der Waals surface area contributed by atoms with Crippen LogP contribution >= 0.6 is 27.5 Å². The Hall–Kier alpha value is -0.830. The number of benzene rings is 1. The lowest BCUT2D eigenvalue weighted by Crippen LogP contribution is -2.44. The van der Waals surface area contributed by atoms with E-state index >= 15 is 0 Å². The fourth-order valence-corrected chi connectivity index (χ4v) is 4.25. The quantitative estimate of drug-likeness (QED) is 0.817. The van der Waals surface area contributed by atoms with Gasteiger partial charge >= 0.3 is 16.2 Å². The lowest BCUT2D eigenvalue weighted by molar-refractivity contribution is -0.142. The molecule has 0 aliphatic carbocycles. The Morgan fingerprint density at radius 3 is 2.81 bits per heavy atom. The second kappa shape index (κ2) is 6.51. The van der Waals surface area contributed by atoms with E-state index in [4.69, 9.17) is 16.7 Å². The van der Waals surface area contributed by atoms with Gasteiger partial charge in [-0.1, -0.05) is 27.5 Å².